The van der Waals surface area contributed by atoms with Gasteiger partial charge in [-0.1, -0.05) is 25.1 Å². The van der Waals surface area contributed by atoms with Crippen molar-refractivity contribution in [2.75, 3.05) is 11.9 Å². The largest absolute Gasteiger partial charge is 0.336 e. The molecular weight excluding hydrogens is 326 g/mol. The minimum Gasteiger partial charge on any atom is -0.336 e. The summed E-state index contributed by atoms with van der Waals surface area (Å²) in [5.41, 5.74) is 2.61. The minimum atomic E-state index is -0.257. The zero-order valence-electron chi connectivity index (χ0n) is 15.4. The number of carbonyl (C=O) groups excluding carboxylic acids is 2. The maximum Gasteiger partial charge on any atom is 0.257 e. The second-order valence-electron chi connectivity index (χ2n) is 6.79. The first-order valence-electron chi connectivity index (χ1n) is 9.23. The van der Waals surface area contributed by atoms with Crippen molar-refractivity contribution in [3.05, 3.63) is 59.4 Å². The van der Waals surface area contributed by atoms with E-state index in [4.69, 9.17) is 0 Å². The molecule has 2 amide bonds. The second kappa shape index (κ2) is 8.13. The number of carbonyl (C=O) groups is 2. The van der Waals surface area contributed by atoms with E-state index in [1.807, 2.05) is 36.1 Å². The molecule has 5 nitrogen and oxygen atoms in total. The van der Waals surface area contributed by atoms with Crippen molar-refractivity contribution in [1.29, 1.82) is 0 Å². The lowest BCUT2D eigenvalue weighted by Gasteiger charge is -2.35. The summed E-state index contributed by atoms with van der Waals surface area (Å²) in [6.45, 7) is 4.83. The van der Waals surface area contributed by atoms with Gasteiger partial charge in [-0.05, 0) is 50.3 Å². The second-order valence-corrected chi connectivity index (χ2v) is 6.79. The van der Waals surface area contributed by atoms with E-state index >= 15 is 0 Å². The van der Waals surface area contributed by atoms with E-state index in [0.717, 1.165) is 37.1 Å². The molecule has 1 aromatic heterocycles. The Hall–Kier alpha value is -2.69. The molecule has 2 heterocycles. The Morgan fingerprint density at radius 1 is 1.19 bits per heavy atom. The molecule has 5 heteroatoms. The molecule has 0 bridgehead atoms. The van der Waals surface area contributed by atoms with Crippen LogP contribution in [0.2, 0.25) is 0 Å². The van der Waals surface area contributed by atoms with Crippen molar-refractivity contribution >= 4 is 17.5 Å². The van der Waals surface area contributed by atoms with Crippen LogP contribution in [0.3, 0.4) is 0 Å². The molecule has 0 spiro atoms. The molecular formula is C21H25N3O2. The summed E-state index contributed by atoms with van der Waals surface area (Å²) >= 11 is 0. The van der Waals surface area contributed by atoms with Crippen LogP contribution in [-0.4, -0.2) is 34.3 Å². The van der Waals surface area contributed by atoms with E-state index in [0.29, 0.717) is 11.1 Å². The van der Waals surface area contributed by atoms with Crippen molar-refractivity contribution < 1.29 is 9.59 Å². The fourth-order valence-electron chi connectivity index (χ4n) is 3.45. The van der Waals surface area contributed by atoms with Crippen molar-refractivity contribution in [3.63, 3.8) is 0 Å². The van der Waals surface area contributed by atoms with Crippen LogP contribution >= 0.6 is 0 Å². The third kappa shape index (κ3) is 3.93. The zero-order valence-corrected chi connectivity index (χ0v) is 15.4. The number of hydrogen-bond donors (Lipinski definition) is 1. The molecule has 26 heavy (non-hydrogen) atoms. The predicted molar refractivity (Wildman–Crippen MR) is 102 cm³/mol. The topological polar surface area (TPSA) is 62.3 Å². The Balaban J connectivity index is 1.78. The molecule has 136 valence electrons. The first-order valence-corrected chi connectivity index (χ1v) is 9.23. The highest BCUT2D eigenvalue weighted by Crippen LogP contribution is 2.22. The molecule has 1 N–H and O–H groups in total. The summed E-state index contributed by atoms with van der Waals surface area (Å²) in [7, 11) is 0. The number of likely N-dealkylation sites (tertiary alicyclic amines) is 1. The number of benzene rings is 1. The van der Waals surface area contributed by atoms with Gasteiger partial charge in [0, 0.05) is 30.7 Å². The molecule has 1 aliphatic heterocycles. The molecule has 0 saturated carbocycles. The van der Waals surface area contributed by atoms with Crippen LogP contribution < -0.4 is 5.32 Å². The maximum atomic E-state index is 12.9. The third-order valence-electron chi connectivity index (χ3n) is 5.00. The van der Waals surface area contributed by atoms with Gasteiger partial charge in [-0.2, -0.15) is 0 Å². The van der Waals surface area contributed by atoms with Crippen molar-refractivity contribution in [2.24, 2.45) is 0 Å². The molecule has 1 aromatic carbocycles. The number of piperidine rings is 1. The standard InChI is InChI=1S/C21H25N3O2/c1-3-18-9-6-7-11-24(18)21(26)17-12-16(13-22-14-17)20(25)23-19-10-5-4-8-15(19)2/h4-5,8,10,12-14,18H,3,6-7,9,11H2,1-2H3,(H,23,25). The Morgan fingerprint density at radius 3 is 2.73 bits per heavy atom. The number of amides is 2. The number of aromatic nitrogens is 1. The number of rotatable bonds is 4. The summed E-state index contributed by atoms with van der Waals surface area (Å²) < 4.78 is 0. The Morgan fingerprint density at radius 2 is 1.96 bits per heavy atom. The van der Waals surface area contributed by atoms with E-state index in [1.54, 1.807) is 12.3 Å². The number of nitrogens with one attached hydrogen (secondary N) is 1. The lowest BCUT2D eigenvalue weighted by Crippen LogP contribution is -2.43. The van der Waals surface area contributed by atoms with Gasteiger partial charge < -0.3 is 10.2 Å². The normalized spacial score (nSPS) is 17.0. The van der Waals surface area contributed by atoms with Gasteiger partial charge >= 0.3 is 0 Å². The lowest BCUT2D eigenvalue weighted by atomic mass is 9.99. The molecule has 0 aliphatic carbocycles. The van der Waals surface area contributed by atoms with Crippen LogP contribution in [0.15, 0.2) is 42.7 Å². The molecule has 2 aromatic rings. The molecule has 1 aliphatic rings. The number of para-hydroxylation sites is 1. The van der Waals surface area contributed by atoms with Crippen LogP contribution in [0, 0.1) is 6.92 Å². The molecule has 1 fully saturated rings. The monoisotopic (exact) mass is 351 g/mol. The fourth-order valence-corrected chi connectivity index (χ4v) is 3.45. The van der Waals surface area contributed by atoms with E-state index < -0.39 is 0 Å². The smallest absolute Gasteiger partial charge is 0.257 e. The maximum absolute atomic E-state index is 12.9. The van der Waals surface area contributed by atoms with Crippen LogP contribution in [0.1, 0.15) is 58.9 Å². The molecule has 1 unspecified atom stereocenters. The van der Waals surface area contributed by atoms with Crippen LogP contribution in [0.25, 0.3) is 0 Å². The summed E-state index contributed by atoms with van der Waals surface area (Å²) in [6.07, 6.45) is 7.24. The fraction of sp³-hybridized carbons (Fsp3) is 0.381. The quantitative estimate of drug-likeness (QED) is 0.904. The van der Waals surface area contributed by atoms with Crippen molar-refractivity contribution in [3.8, 4) is 0 Å². The van der Waals surface area contributed by atoms with Gasteiger partial charge in [-0.25, -0.2) is 0 Å². The highest BCUT2D eigenvalue weighted by atomic mass is 16.2. The van der Waals surface area contributed by atoms with E-state index in [9.17, 15) is 9.59 Å². The Bertz CT molecular complexity index is 803. The SMILES string of the molecule is CCC1CCCCN1C(=O)c1cncc(C(=O)Nc2ccccc2C)c1. The zero-order chi connectivity index (χ0) is 18.5. The van der Waals surface area contributed by atoms with Crippen molar-refractivity contribution in [2.45, 2.75) is 45.6 Å². The Kier molecular flexibility index (Phi) is 5.66. The molecule has 1 atom stereocenters. The van der Waals surface area contributed by atoms with Crippen LogP contribution in [-0.2, 0) is 0 Å². The number of anilines is 1. The lowest BCUT2D eigenvalue weighted by molar-refractivity contribution is 0.0607. The number of nitrogens with zero attached hydrogens (tertiary/aromatic N) is 2. The van der Waals surface area contributed by atoms with Gasteiger partial charge in [0.05, 0.1) is 11.1 Å². The Labute approximate surface area is 154 Å². The highest BCUT2D eigenvalue weighted by Gasteiger charge is 2.26. The van der Waals surface area contributed by atoms with Gasteiger partial charge in [0.15, 0.2) is 0 Å². The van der Waals surface area contributed by atoms with Gasteiger partial charge in [0.1, 0.15) is 0 Å². The predicted octanol–water partition coefficient (Wildman–Crippen LogP) is 4.05. The average molecular weight is 351 g/mol. The third-order valence-corrected chi connectivity index (χ3v) is 5.00. The van der Waals surface area contributed by atoms with Crippen molar-refractivity contribution in [1.82, 2.24) is 9.88 Å². The highest BCUT2D eigenvalue weighted by molar-refractivity contribution is 6.06. The molecule has 0 radical (unpaired) electrons. The van der Waals surface area contributed by atoms with Gasteiger partial charge in [0.25, 0.3) is 11.8 Å². The summed E-state index contributed by atoms with van der Waals surface area (Å²) in [5, 5.41) is 2.89. The molecule has 3 rings (SSSR count). The van der Waals surface area contributed by atoms with Gasteiger partial charge in [-0.15, -0.1) is 0 Å². The minimum absolute atomic E-state index is 0.0328. The van der Waals surface area contributed by atoms with Gasteiger partial charge in [0.2, 0.25) is 0 Å². The summed E-state index contributed by atoms with van der Waals surface area (Å²) in [5.74, 6) is -0.290. The van der Waals surface area contributed by atoms with E-state index in [2.05, 4.69) is 17.2 Å². The van der Waals surface area contributed by atoms with Gasteiger partial charge in [-0.3, -0.25) is 14.6 Å². The number of hydrogen-bond acceptors (Lipinski definition) is 3. The summed E-state index contributed by atoms with van der Waals surface area (Å²) in [6, 6.07) is 9.52. The first-order chi connectivity index (χ1) is 12.6. The summed E-state index contributed by atoms with van der Waals surface area (Å²) in [4.78, 5) is 31.5. The number of pyridine rings is 1. The van der Waals surface area contributed by atoms with Crippen LogP contribution in [0.5, 0.6) is 0 Å². The average Bonchev–Trinajstić information content (AvgIpc) is 2.69. The first kappa shape index (κ1) is 18.1. The van der Waals surface area contributed by atoms with E-state index in [-0.39, 0.29) is 17.9 Å². The molecule has 1 saturated heterocycles. The van der Waals surface area contributed by atoms with E-state index in [1.165, 1.54) is 12.6 Å². The number of aryl methyl sites for hydroxylation is 1. The van der Waals surface area contributed by atoms with Crippen LogP contribution in [0.4, 0.5) is 5.69 Å².